The number of nitrogens with one attached hydrogen (secondary N) is 1. The fraction of sp³-hybridized carbons (Fsp3) is 0.0714. The van der Waals surface area contributed by atoms with Crippen LogP contribution in [-0.2, 0) is 6.54 Å². The van der Waals surface area contributed by atoms with Crippen molar-refractivity contribution in [3.8, 4) is 5.82 Å². The minimum Gasteiger partial charge on any atom is -0.380 e. The summed E-state index contributed by atoms with van der Waals surface area (Å²) >= 11 is 0. The van der Waals surface area contributed by atoms with E-state index in [1.54, 1.807) is 29.5 Å². The molecule has 19 heavy (non-hydrogen) atoms. The Morgan fingerprint density at radius 3 is 2.63 bits per heavy atom. The molecule has 0 aliphatic carbocycles. The average molecular weight is 251 g/mol. The van der Waals surface area contributed by atoms with Gasteiger partial charge in [0.1, 0.15) is 0 Å². The Bertz CT molecular complexity index is 617. The molecular formula is C14H13N5. The highest BCUT2D eigenvalue weighted by molar-refractivity contribution is 5.43. The van der Waals surface area contributed by atoms with Crippen molar-refractivity contribution in [2.75, 3.05) is 5.32 Å². The Hall–Kier alpha value is -2.69. The van der Waals surface area contributed by atoms with Gasteiger partial charge in [0.15, 0.2) is 5.82 Å². The van der Waals surface area contributed by atoms with Crippen LogP contribution in [0.15, 0.2) is 61.3 Å². The van der Waals surface area contributed by atoms with E-state index in [0.717, 1.165) is 18.1 Å². The number of aromatic nitrogens is 4. The van der Waals surface area contributed by atoms with E-state index in [-0.39, 0.29) is 0 Å². The van der Waals surface area contributed by atoms with E-state index in [1.165, 1.54) is 5.56 Å². The molecule has 0 spiro atoms. The van der Waals surface area contributed by atoms with Crippen molar-refractivity contribution < 1.29 is 0 Å². The molecule has 3 aromatic rings. The normalized spacial score (nSPS) is 10.3. The van der Waals surface area contributed by atoms with Crippen LogP contribution in [-0.4, -0.2) is 19.7 Å². The number of rotatable bonds is 4. The van der Waals surface area contributed by atoms with E-state index in [9.17, 15) is 0 Å². The lowest BCUT2D eigenvalue weighted by molar-refractivity contribution is 0.847. The minimum atomic E-state index is 0.755. The average Bonchev–Trinajstić information content (AvgIpc) is 3.01. The summed E-state index contributed by atoms with van der Waals surface area (Å²) in [6, 6.07) is 9.77. The second-order valence-electron chi connectivity index (χ2n) is 4.06. The maximum atomic E-state index is 4.36. The van der Waals surface area contributed by atoms with E-state index < -0.39 is 0 Å². The topological polar surface area (TPSA) is 55.6 Å². The van der Waals surface area contributed by atoms with E-state index >= 15 is 0 Å². The first-order valence-electron chi connectivity index (χ1n) is 6.01. The summed E-state index contributed by atoms with van der Waals surface area (Å²) < 4.78 is 1.73. The Labute approximate surface area is 111 Å². The SMILES string of the molecule is c1cnn(-c2ccc(NCc3ccncc3)cn2)c1. The molecule has 0 aromatic carbocycles. The van der Waals surface area contributed by atoms with Gasteiger partial charge >= 0.3 is 0 Å². The molecule has 0 amide bonds. The minimum absolute atomic E-state index is 0.755. The molecule has 3 rings (SSSR count). The van der Waals surface area contributed by atoms with Gasteiger partial charge in [-0.25, -0.2) is 9.67 Å². The quantitative estimate of drug-likeness (QED) is 0.773. The van der Waals surface area contributed by atoms with Crippen LogP contribution in [0.4, 0.5) is 5.69 Å². The number of anilines is 1. The molecular weight excluding hydrogens is 238 g/mol. The summed E-state index contributed by atoms with van der Waals surface area (Å²) in [4.78, 5) is 8.35. The number of hydrogen-bond acceptors (Lipinski definition) is 4. The van der Waals surface area contributed by atoms with Crippen LogP contribution >= 0.6 is 0 Å². The van der Waals surface area contributed by atoms with Crippen LogP contribution in [0.1, 0.15) is 5.56 Å². The number of hydrogen-bond donors (Lipinski definition) is 1. The largest absolute Gasteiger partial charge is 0.380 e. The third-order valence-corrected chi connectivity index (χ3v) is 2.73. The molecule has 0 bridgehead atoms. The third kappa shape index (κ3) is 2.77. The van der Waals surface area contributed by atoms with E-state index in [4.69, 9.17) is 0 Å². The van der Waals surface area contributed by atoms with E-state index in [2.05, 4.69) is 20.4 Å². The molecule has 0 aliphatic heterocycles. The Morgan fingerprint density at radius 2 is 1.95 bits per heavy atom. The van der Waals surface area contributed by atoms with Crippen LogP contribution in [0.3, 0.4) is 0 Å². The summed E-state index contributed by atoms with van der Waals surface area (Å²) in [7, 11) is 0. The van der Waals surface area contributed by atoms with Gasteiger partial charge in [0.2, 0.25) is 0 Å². The zero-order valence-corrected chi connectivity index (χ0v) is 10.3. The predicted octanol–water partition coefficient (Wildman–Crippen LogP) is 2.27. The lowest BCUT2D eigenvalue weighted by Gasteiger charge is -2.07. The lowest BCUT2D eigenvalue weighted by Crippen LogP contribution is -2.02. The molecule has 0 atom stereocenters. The molecule has 0 fully saturated rings. The second-order valence-corrected chi connectivity index (χ2v) is 4.06. The molecule has 3 aromatic heterocycles. The fourth-order valence-electron chi connectivity index (χ4n) is 1.74. The van der Waals surface area contributed by atoms with Gasteiger partial charge in [-0.05, 0) is 35.9 Å². The summed E-state index contributed by atoms with van der Waals surface area (Å²) in [6.45, 7) is 0.755. The standard InChI is InChI=1S/C14H13N5/c1-6-18-19(9-1)14-3-2-13(11-17-14)16-10-12-4-7-15-8-5-12/h1-9,11,16H,10H2. The van der Waals surface area contributed by atoms with Gasteiger partial charge in [0, 0.05) is 31.3 Å². The van der Waals surface area contributed by atoms with Crippen molar-refractivity contribution in [3.63, 3.8) is 0 Å². The smallest absolute Gasteiger partial charge is 0.153 e. The molecule has 5 nitrogen and oxygen atoms in total. The van der Waals surface area contributed by atoms with E-state index in [1.807, 2.05) is 36.5 Å². The predicted molar refractivity (Wildman–Crippen MR) is 72.9 cm³/mol. The summed E-state index contributed by atoms with van der Waals surface area (Å²) in [5.41, 5.74) is 2.17. The fourth-order valence-corrected chi connectivity index (χ4v) is 1.74. The molecule has 0 radical (unpaired) electrons. The van der Waals surface area contributed by atoms with Gasteiger partial charge in [-0.2, -0.15) is 5.10 Å². The van der Waals surface area contributed by atoms with Gasteiger partial charge in [-0.15, -0.1) is 0 Å². The highest BCUT2D eigenvalue weighted by Gasteiger charge is 1.98. The Morgan fingerprint density at radius 1 is 1.05 bits per heavy atom. The first-order chi connectivity index (χ1) is 9.42. The van der Waals surface area contributed by atoms with E-state index in [0.29, 0.717) is 0 Å². The van der Waals surface area contributed by atoms with Crippen molar-refractivity contribution in [2.45, 2.75) is 6.54 Å². The van der Waals surface area contributed by atoms with Crippen LogP contribution in [0.5, 0.6) is 0 Å². The monoisotopic (exact) mass is 251 g/mol. The van der Waals surface area contributed by atoms with Gasteiger partial charge in [-0.3, -0.25) is 4.98 Å². The van der Waals surface area contributed by atoms with Crippen LogP contribution in [0.25, 0.3) is 5.82 Å². The summed E-state index contributed by atoms with van der Waals surface area (Å²) in [6.07, 6.45) is 8.98. The Kier molecular flexibility index (Phi) is 3.18. The summed E-state index contributed by atoms with van der Waals surface area (Å²) in [5, 5.41) is 7.45. The highest BCUT2D eigenvalue weighted by Crippen LogP contribution is 2.10. The van der Waals surface area contributed by atoms with Gasteiger partial charge < -0.3 is 5.32 Å². The van der Waals surface area contributed by atoms with Gasteiger partial charge in [0.25, 0.3) is 0 Å². The third-order valence-electron chi connectivity index (χ3n) is 2.73. The highest BCUT2D eigenvalue weighted by atomic mass is 15.3. The van der Waals surface area contributed by atoms with Crippen LogP contribution < -0.4 is 5.32 Å². The van der Waals surface area contributed by atoms with Crippen molar-refractivity contribution >= 4 is 5.69 Å². The molecule has 94 valence electrons. The second kappa shape index (κ2) is 5.30. The number of pyridine rings is 2. The lowest BCUT2D eigenvalue weighted by atomic mass is 10.2. The zero-order valence-electron chi connectivity index (χ0n) is 10.3. The molecule has 1 N–H and O–H groups in total. The van der Waals surface area contributed by atoms with Crippen molar-refractivity contribution in [1.82, 2.24) is 19.7 Å². The van der Waals surface area contributed by atoms with Crippen LogP contribution in [0, 0.1) is 0 Å². The summed E-state index contributed by atoms with van der Waals surface area (Å²) in [5.74, 6) is 0.805. The molecule has 3 heterocycles. The maximum Gasteiger partial charge on any atom is 0.153 e. The molecule has 0 saturated heterocycles. The van der Waals surface area contributed by atoms with Crippen LogP contribution in [0.2, 0.25) is 0 Å². The zero-order chi connectivity index (χ0) is 12.9. The van der Waals surface area contributed by atoms with Gasteiger partial charge in [0.05, 0.1) is 11.9 Å². The molecule has 0 saturated carbocycles. The van der Waals surface area contributed by atoms with Crippen molar-refractivity contribution in [1.29, 1.82) is 0 Å². The van der Waals surface area contributed by atoms with Gasteiger partial charge in [-0.1, -0.05) is 0 Å². The number of nitrogens with zero attached hydrogens (tertiary/aromatic N) is 4. The first kappa shape index (κ1) is 11.4. The Balaban J connectivity index is 1.67. The first-order valence-corrected chi connectivity index (χ1v) is 6.01. The molecule has 0 aliphatic rings. The maximum absolute atomic E-state index is 4.36. The van der Waals surface area contributed by atoms with Crippen molar-refractivity contribution in [3.05, 3.63) is 66.9 Å². The van der Waals surface area contributed by atoms with Crippen molar-refractivity contribution in [2.24, 2.45) is 0 Å². The molecule has 5 heteroatoms. The molecule has 0 unspecified atom stereocenters.